The van der Waals surface area contributed by atoms with Crippen molar-refractivity contribution in [3.63, 3.8) is 0 Å². The Morgan fingerprint density at radius 3 is 2.65 bits per heavy atom. The second kappa shape index (κ2) is 8.08. The Hall–Kier alpha value is -1.92. The van der Waals surface area contributed by atoms with E-state index in [-0.39, 0.29) is 18.1 Å². The maximum absolute atomic E-state index is 12.3. The van der Waals surface area contributed by atoms with Crippen LogP contribution in [0.15, 0.2) is 35.2 Å². The van der Waals surface area contributed by atoms with Gasteiger partial charge >= 0.3 is 0 Å². The highest BCUT2D eigenvalue weighted by molar-refractivity contribution is 7.07. The van der Waals surface area contributed by atoms with Crippen LogP contribution >= 0.6 is 11.3 Å². The van der Waals surface area contributed by atoms with Gasteiger partial charge in [-0.05, 0) is 56.4 Å². The van der Waals surface area contributed by atoms with Gasteiger partial charge in [-0.25, -0.2) is 4.98 Å². The van der Waals surface area contributed by atoms with Crippen molar-refractivity contribution in [3.8, 4) is 5.88 Å². The lowest BCUT2D eigenvalue weighted by molar-refractivity contribution is 0.0941. The quantitative estimate of drug-likeness (QED) is 0.846. The highest BCUT2D eigenvalue weighted by Crippen LogP contribution is 2.20. The summed E-state index contributed by atoms with van der Waals surface area (Å²) in [6, 6.07) is 5.69. The zero-order valence-corrected chi connectivity index (χ0v) is 14.8. The molecule has 0 radical (unpaired) electrons. The number of ether oxygens (including phenoxy) is 1. The topological polar surface area (TPSA) is 54.5 Å². The van der Waals surface area contributed by atoms with Crippen LogP contribution in [0.2, 0.25) is 0 Å². The molecule has 0 aliphatic heterocycles. The van der Waals surface area contributed by atoms with Gasteiger partial charge in [-0.2, -0.15) is 11.3 Å². The molecule has 0 aromatic carbocycles. The largest absolute Gasteiger partial charge is 0.475 e. The van der Waals surface area contributed by atoms with E-state index in [1.807, 2.05) is 33.3 Å². The van der Waals surface area contributed by atoms with Crippen LogP contribution in [-0.4, -0.2) is 42.5 Å². The van der Waals surface area contributed by atoms with E-state index in [1.54, 1.807) is 29.7 Å². The van der Waals surface area contributed by atoms with Gasteiger partial charge in [-0.3, -0.25) is 4.79 Å². The molecule has 1 amide bonds. The van der Waals surface area contributed by atoms with Crippen molar-refractivity contribution in [1.29, 1.82) is 0 Å². The third-order valence-electron chi connectivity index (χ3n) is 3.36. The van der Waals surface area contributed by atoms with E-state index in [0.717, 1.165) is 0 Å². The highest BCUT2D eigenvalue weighted by atomic mass is 32.1. The fourth-order valence-electron chi connectivity index (χ4n) is 2.18. The normalized spacial score (nSPS) is 12.4. The first-order valence-corrected chi connectivity index (χ1v) is 8.51. The van der Waals surface area contributed by atoms with Crippen molar-refractivity contribution in [2.24, 2.45) is 0 Å². The summed E-state index contributed by atoms with van der Waals surface area (Å²) in [5, 5.41) is 7.13. The molecule has 2 rings (SSSR count). The molecular weight excluding hydrogens is 310 g/mol. The Morgan fingerprint density at radius 2 is 2.13 bits per heavy atom. The molecular formula is C17H23N3O2S. The molecule has 0 bridgehead atoms. The van der Waals surface area contributed by atoms with Crippen LogP contribution in [0.3, 0.4) is 0 Å². The van der Waals surface area contributed by atoms with E-state index in [1.165, 1.54) is 5.56 Å². The van der Waals surface area contributed by atoms with Crippen LogP contribution in [0, 0.1) is 0 Å². The van der Waals surface area contributed by atoms with Gasteiger partial charge in [-0.15, -0.1) is 0 Å². The third kappa shape index (κ3) is 5.04. The maximum Gasteiger partial charge on any atom is 0.252 e. The first kappa shape index (κ1) is 17.4. The van der Waals surface area contributed by atoms with Crippen molar-refractivity contribution in [2.75, 3.05) is 20.6 Å². The lowest BCUT2D eigenvalue weighted by Crippen LogP contribution is -2.34. The van der Waals surface area contributed by atoms with Gasteiger partial charge < -0.3 is 15.0 Å². The predicted octanol–water partition coefficient (Wildman–Crippen LogP) is 2.96. The molecule has 2 aromatic heterocycles. The highest BCUT2D eigenvalue weighted by Gasteiger charge is 2.16. The molecule has 5 nitrogen and oxygen atoms in total. The smallest absolute Gasteiger partial charge is 0.252 e. The second-order valence-corrected chi connectivity index (χ2v) is 6.58. The van der Waals surface area contributed by atoms with Crippen LogP contribution < -0.4 is 10.1 Å². The number of aromatic nitrogens is 1. The van der Waals surface area contributed by atoms with Gasteiger partial charge in [0.2, 0.25) is 5.88 Å². The Kier molecular flexibility index (Phi) is 6.12. The molecule has 1 N–H and O–H groups in total. The predicted molar refractivity (Wildman–Crippen MR) is 93.1 cm³/mol. The molecule has 0 fully saturated rings. The molecule has 23 heavy (non-hydrogen) atoms. The Balaban J connectivity index is 1.95. The lowest BCUT2D eigenvalue weighted by atomic mass is 10.1. The molecule has 2 heterocycles. The van der Waals surface area contributed by atoms with Gasteiger partial charge in [0.25, 0.3) is 5.91 Å². The van der Waals surface area contributed by atoms with E-state index in [4.69, 9.17) is 4.74 Å². The van der Waals surface area contributed by atoms with Gasteiger partial charge in [0.15, 0.2) is 0 Å². The number of nitrogens with one attached hydrogen (secondary N) is 1. The summed E-state index contributed by atoms with van der Waals surface area (Å²) in [6.45, 7) is 4.43. The fourth-order valence-corrected chi connectivity index (χ4v) is 2.89. The van der Waals surface area contributed by atoms with Crippen LogP contribution in [0.5, 0.6) is 5.88 Å². The molecule has 0 aliphatic carbocycles. The lowest BCUT2D eigenvalue weighted by Gasteiger charge is -2.24. The average Bonchev–Trinajstić information content (AvgIpc) is 3.01. The summed E-state index contributed by atoms with van der Waals surface area (Å²) in [7, 11) is 4.02. The van der Waals surface area contributed by atoms with Gasteiger partial charge in [-0.1, -0.05) is 0 Å². The zero-order valence-electron chi connectivity index (χ0n) is 13.9. The monoisotopic (exact) mass is 333 g/mol. The van der Waals surface area contributed by atoms with E-state index in [9.17, 15) is 4.79 Å². The molecule has 124 valence electrons. The molecule has 0 saturated carbocycles. The number of carbonyl (C=O) groups excluding carboxylic acids is 1. The number of rotatable bonds is 7. The second-order valence-electron chi connectivity index (χ2n) is 5.80. The molecule has 6 heteroatoms. The Morgan fingerprint density at radius 1 is 1.35 bits per heavy atom. The number of carbonyl (C=O) groups is 1. The van der Waals surface area contributed by atoms with Crippen LogP contribution in [-0.2, 0) is 0 Å². The van der Waals surface area contributed by atoms with Crippen molar-refractivity contribution in [3.05, 3.63) is 46.3 Å². The van der Waals surface area contributed by atoms with Crippen LogP contribution in [0.25, 0.3) is 0 Å². The Bertz CT molecular complexity index is 609. The average molecular weight is 333 g/mol. The summed E-state index contributed by atoms with van der Waals surface area (Å²) >= 11 is 1.66. The number of hydrogen-bond donors (Lipinski definition) is 1. The number of amides is 1. The van der Waals surface area contributed by atoms with E-state index in [2.05, 4.69) is 26.6 Å². The summed E-state index contributed by atoms with van der Waals surface area (Å²) < 4.78 is 5.48. The fraction of sp³-hybridized carbons (Fsp3) is 0.412. The molecule has 0 aliphatic rings. The maximum atomic E-state index is 12.3. The van der Waals surface area contributed by atoms with Crippen LogP contribution in [0.4, 0.5) is 0 Å². The van der Waals surface area contributed by atoms with Crippen molar-refractivity contribution >= 4 is 17.2 Å². The molecule has 0 saturated heterocycles. The number of nitrogens with zero attached hydrogens (tertiary/aromatic N) is 2. The van der Waals surface area contributed by atoms with Crippen LogP contribution in [0.1, 0.15) is 35.8 Å². The molecule has 1 unspecified atom stereocenters. The summed E-state index contributed by atoms with van der Waals surface area (Å²) in [5.74, 6) is 0.400. The van der Waals surface area contributed by atoms with Crippen molar-refractivity contribution in [2.45, 2.75) is 26.0 Å². The minimum Gasteiger partial charge on any atom is -0.475 e. The first-order valence-electron chi connectivity index (χ1n) is 7.57. The zero-order chi connectivity index (χ0) is 16.8. The molecule has 1 atom stereocenters. The minimum absolute atomic E-state index is 0.0636. The summed E-state index contributed by atoms with van der Waals surface area (Å²) in [5.41, 5.74) is 1.74. The van der Waals surface area contributed by atoms with Gasteiger partial charge in [0.1, 0.15) is 0 Å². The number of pyridine rings is 1. The third-order valence-corrected chi connectivity index (χ3v) is 4.06. The number of hydrogen-bond acceptors (Lipinski definition) is 5. The van der Waals surface area contributed by atoms with E-state index in [0.29, 0.717) is 18.0 Å². The van der Waals surface area contributed by atoms with E-state index < -0.39 is 0 Å². The number of thiophene rings is 1. The Labute approximate surface area is 141 Å². The summed E-state index contributed by atoms with van der Waals surface area (Å²) in [6.07, 6.45) is 1.61. The first-order chi connectivity index (χ1) is 11.0. The molecule has 2 aromatic rings. The van der Waals surface area contributed by atoms with Gasteiger partial charge in [0, 0.05) is 18.8 Å². The van der Waals surface area contributed by atoms with Gasteiger partial charge in [0.05, 0.1) is 17.7 Å². The summed E-state index contributed by atoms with van der Waals surface area (Å²) in [4.78, 5) is 18.5. The van der Waals surface area contributed by atoms with Crippen molar-refractivity contribution in [1.82, 2.24) is 15.2 Å². The minimum atomic E-state index is -0.129. The van der Waals surface area contributed by atoms with E-state index >= 15 is 0 Å². The standard InChI is InChI=1S/C17H23N3O2S/c1-12(2)22-16-6-5-13(9-18-16)17(21)19-10-15(20(3)4)14-7-8-23-11-14/h5-9,11-12,15H,10H2,1-4H3,(H,19,21). The number of likely N-dealkylation sites (N-methyl/N-ethyl adjacent to an activating group) is 1. The molecule has 0 spiro atoms. The van der Waals surface area contributed by atoms with Crippen molar-refractivity contribution < 1.29 is 9.53 Å². The SMILES string of the molecule is CC(C)Oc1ccc(C(=O)NCC(c2ccsc2)N(C)C)cn1.